The number of aryl methyl sites for hydroxylation is 1. The van der Waals surface area contributed by atoms with Crippen molar-refractivity contribution in [2.45, 2.75) is 32.7 Å². The molecular weight excluding hydrogens is 498 g/mol. The number of carboxylic acid groups (broad SMARTS) is 1. The van der Waals surface area contributed by atoms with E-state index in [2.05, 4.69) is 32.5 Å². The highest BCUT2D eigenvalue weighted by Crippen LogP contribution is 2.30. The number of nitrogens with one attached hydrogen (secondary N) is 1. The fourth-order valence-electron chi connectivity index (χ4n) is 4.60. The van der Waals surface area contributed by atoms with Crippen LogP contribution in [0.15, 0.2) is 71.9 Å². The predicted molar refractivity (Wildman–Crippen MR) is 144 cm³/mol. The lowest BCUT2D eigenvalue weighted by atomic mass is 10.0. The summed E-state index contributed by atoms with van der Waals surface area (Å²) in [6, 6.07) is 14.4. The summed E-state index contributed by atoms with van der Waals surface area (Å²) in [5.41, 5.74) is 4.24. The quantitative estimate of drug-likeness (QED) is 0.279. The monoisotopic (exact) mass is 525 g/mol. The zero-order valence-corrected chi connectivity index (χ0v) is 21.5. The number of benzene rings is 2. The van der Waals surface area contributed by atoms with Crippen LogP contribution in [-0.4, -0.2) is 52.9 Å². The molecule has 0 aliphatic rings. The molecular formula is C28H27N7O4. The number of imidazole rings is 1. The van der Waals surface area contributed by atoms with Gasteiger partial charge in [-0.05, 0) is 52.6 Å². The van der Waals surface area contributed by atoms with E-state index < -0.39 is 5.97 Å². The molecule has 0 unspecified atom stereocenters. The molecule has 39 heavy (non-hydrogen) atoms. The normalized spacial score (nSPS) is 11.0. The molecule has 2 N–H and O–H groups in total. The second-order valence-electron chi connectivity index (χ2n) is 8.99. The molecule has 0 spiro atoms. The summed E-state index contributed by atoms with van der Waals surface area (Å²) in [5.74, 6) is -0.276. The number of carbonyl (C=O) groups is 1. The summed E-state index contributed by atoms with van der Waals surface area (Å²) >= 11 is 0. The Balaban J connectivity index is 1.53. The minimum absolute atomic E-state index is 0.00535. The number of tetrazole rings is 1. The van der Waals surface area contributed by atoms with E-state index in [-0.39, 0.29) is 16.9 Å². The number of aromatic carboxylic acids is 1. The number of hydrogen-bond donors (Lipinski definition) is 2. The third kappa shape index (κ3) is 5.06. The summed E-state index contributed by atoms with van der Waals surface area (Å²) in [6.07, 6.45) is 7.69. The van der Waals surface area contributed by atoms with Gasteiger partial charge in [-0.2, -0.15) is 0 Å². The van der Waals surface area contributed by atoms with E-state index >= 15 is 0 Å². The molecule has 3 heterocycles. The van der Waals surface area contributed by atoms with Crippen LogP contribution in [0.2, 0.25) is 0 Å². The number of nitrogens with zero attached hydrogens (tertiary/aromatic N) is 6. The Morgan fingerprint density at radius 1 is 1.10 bits per heavy atom. The van der Waals surface area contributed by atoms with Gasteiger partial charge in [0.25, 0.3) is 0 Å². The first kappa shape index (κ1) is 25.6. The molecule has 0 fully saturated rings. The van der Waals surface area contributed by atoms with Crippen molar-refractivity contribution in [1.82, 2.24) is 34.7 Å². The molecule has 11 nitrogen and oxygen atoms in total. The van der Waals surface area contributed by atoms with E-state index in [0.29, 0.717) is 24.5 Å². The highest BCUT2D eigenvalue weighted by atomic mass is 16.5. The Labute approximate surface area is 223 Å². The molecule has 198 valence electrons. The standard InChI is InChI=1S/C28H27N7O4/c1-3-4-6-20-17-35(25-22(27(36)37)7-5-8-24(25)39-2)28(38)34(20)16-18-9-11-19(12-10-18)23-15-29-14-13-21(23)26-30-32-33-31-26/h5,7-15,17H,3-4,6,16H2,1-2H3,(H,36,37)(H,30,31,32,33). The van der Waals surface area contributed by atoms with Crippen molar-refractivity contribution in [2.75, 3.05) is 7.11 Å². The first-order valence-electron chi connectivity index (χ1n) is 12.5. The van der Waals surface area contributed by atoms with Crippen LogP contribution < -0.4 is 10.4 Å². The second-order valence-corrected chi connectivity index (χ2v) is 8.99. The van der Waals surface area contributed by atoms with Crippen molar-refractivity contribution >= 4 is 5.97 Å². The topological polar surface area (TPSA) is 141 Å². The Bertz CT molecular complexity index is 1650. The van der Waals surface area contributed by atoms with Gasteiger partial charge in [0.05, 0.1) is 19.2 Å². The number of methoxy groups -OCH3 is 1. The van der Waals surface area contributed by atoms with Gasteiger partial charge in [-0.3, -0.25) is 14.1 Å². The van der Waals surface area contributed by atoms with Crippen molar-refractivity contribution in [1.29, 1.82) is 0 Å². The molecule has 0 bridgehead atoms. The average Bonchev–Trinajstić information content (AvgIpc) is 3.61. The molecule has 0 saturated heterocycles. The van der Waals surface area contributed by atoms with Gasteiger partial charge in [0.1, 0.15) is 11.4 Å². The summed E-state index contributed by atoms with van der Waals surface area (Å²) in [5, 5.41) is 23.9. The Hall–Kier alpha value is -5.06. The highest BCUT2D eigenvalue weighted by Gasteiger charge is 2.21. The minimum atomic E-state index is -1.13. The number of pyridine rings is 1. The number of hydrogen-bond acceptors (Lipinski definition) is 7. The van der Waals surface area contributed by atoms with Gasteiger partial charge >= 0.3 is 11.7 Å². The molecule has 0 aliphatic heterocycles. The summed E-state index contributed by atoms with van der Waals surface area (Å²) in [7, 11) is 1.46. The number of para-hydroxylation sites is 1. The van der Waals surface area contributed by atoms with Crippen LogP contribution in [0.4, 0.5) is 0 Å². The third-order valence-corrected chi connectivity index (χ3v) is 6.57. The second kappa shape index (κ2) is 11.1. The molecule has 0 amide bonds. The number of unbranched alkanes of at least 4 members (excludes halogenated alkanes) is 1. The van der Waals surface area contributed by atoms with Gasteiger partial charge in [-0.25, -0.2) is 14.7 Å². The van der Waals surface area contributed by atoms with Gasteiger partial charge < -0.3 is 9.84 Å². The molecule has 3 aromatic heterocycles. The van der Waals surface area contributed by atoms with E-state index in [4.69, 9.17) is 4.74 Å². The molecule has 0 saturated carbocycles. The van der Waals surface area contributed by atoms with Gasteiger partial charge in [0.15, 0.2) is 5.82 Å². The van der Waals surface area contributed by atoms with Crippen molar-refractivity contribution < 1.29 is 14.6 Å². The zero-order chi connectivity index (χ0) is 27.4. The number of ether oxygens (including phenoxy) is 1. The first-order valence-corrected chi connectivity index (χ1v) is 12.5. The molecule has 2 aromatic carbocycles. The smallest absolute Gasteiger partial charge is 0.337 e. The summed E-state index contributed by atoms with van der Waals surface area (Å²) in [4.78, 5) is 30.0. The Kier molecular flexibility index (Phi) is 7.30. The van der Waals surface area contributed by atoms with Crippen LogP contribution in [0.25, 0.3) is 28.2 Å². The lowest BCUT2D eigenvalue weighted by Gasteiger charge is -2.11. The van der Waals surface area contributed by atoms with Crippen molar-refractivity contribution in [3.63, 3.8) is 0 Å². The van der Waals surface area contributed by atoms with Crippen LogP contribution in [0.3, 0.4) is 0 Å². The Morgan fingerprint density at radius 3 is 2.62 bits per heavy atom. The molecule has 5 rings (SSSR count). The largest absolute Gasteiger partial charge is 0.495 e. The maximum atomic E-state index is 13.7. The zero-order valence-electron chi connectivity index (χ0n) is 21.5. The molecule has 0 radical (unpaired) electrons. The molecule has 5 aromatic rings. The van der Waals surface area contributed by atoms with E-state index in [1.165, 1.54) is 17.7 Å². The molecule has 0 atom stereocenters. The average molecular weight is 526 g/mol. The predicted octanol–water partition coefficient (Wildman–Crippen LogP) is 3.98. The number of carboxylic acids is 1. The number of H-pyrrole nitrogens is 1. The van der Waals surface area contributed by atoms with Gasteiger partial charge in [0, 0.05) is 35.4 Å². The van der Waals surface area contributed by atoms with Crippen molar-refractivity contribution in [3.8, 4) is 34.0 Å². The van der Waals surface area contributed by atoms with Crippen molar-refractivity contribution in [3.05, 3.63) is 94.4 Å². The van der Waals surface area contributed by atoms with Gasteiger partial charge in [-0.1, -0.05) is 43.7 Å². The van der Waals surface area contributed by atoms with Crippen LogP contribution >= 0.6 is 0 Å². The fraction of sp³-hybridized carbons (Fsp3) is 0.214. The van der Waals surface area contributed by atoms with Crippen molar-refractivity contribution in [2.24, 2.45) is 0 Å². The SMILES string of the molecule is CCCCc1cn(-c2c(OC)cccc2C(=O)O)c(=O)n1Cc1ccc(-c2cnccc2-c2nnn[nH]2)cc1. The number of rotatable bonds is 10. The maximum Gasteiger partial charge on any atom is 0.337 e. The van der Waals surface area contributed by atoms with Crippen LogP contribution in [0.5, 0.6) is 5.75 Å². The van der Waals surface area contributed by atoms with E-state index in [9.17, 15) is 14.7 Å². The number of aromatic amines is 1. The minimum Gasteiger partial charge on any atom is -0.495 e. The van der Waals surface area contributed by atoms with Crippen LogP contribution in [-0.2, 0) is 13.0 Å². The first-order chi connectivity index (χ1) is 19.0. The fourth-order valence-corrected chi connectivity index (χ4v) is 4.60. The van der Waals surface area contributed by atoms with Gasteiger partial charge in [-0.15, -0.1) is 5.10 Å². The lowest BCUT2D eigenvalue weighted by molar-refractivity contribution is 0.0696. The Morgan fingerprint density at radius 2 is 1.92 bits per heavy atom. The van der Waals surface area contributed by atoms with E-state index in [1.807, 2.05) is 30.3 Å². The van der Waals surface area contributed by atoms with E-state index in [0.717, 1.165) is 40.8 Å². The highest BCUT2D eigenvalue weighted by molar-refractivity contribution is 5.93. The van der Waals surface area contributed by atoms with E-state index in [1.54, 1.807) is 35.3 Å². The van der Waals surface area contributed by atoms with Gasteiger partial charge in [0.2, 0.25) is 0 Å². The maximum absolute atomic E-state index is 13.7. The third-order valence-electron chi connectivity index (χ3n) is 6.57. The molecule has 11 heteroatoms. The van der Waals surface area contributed by atoms with Crippen LogP contribution in [0, 0.1) is 0 Å². The van der Waals surface area contributed by atoms with Crippen LogP contribution in [0.1, 0.15) is 41.4 Å². The lowest BCUT2D eigenvalue weighted by Crippen LogP contribution is -2.26. The molecule has 0 aliphatic carbocycles. The number of aromatic nitrogens is 7. The summed E-state index contributed by atoms with van der Waals surface area (Å²) in [6.45, 7) is 2.41. The summed E-state index contributed by atoms with van der Waals surface area (Å²) < 4.78 is 8.51.